The van der Waals surface area contributed by atoms with Crippen molar-refractivity contribution in [3.63, 3.8) is 0 Å². The number of likely N-dealkylation sites (N-methyl/N-ethyl adjacent to an activating group) is 1. The van der Waals surface area contributed by atoms with Crippen LogP contribution in [0.5, 0.6) is 0 Å². The largest absolute Gasteiger partial charge is 0.355 e. The maximum Gasteiger partial charge on any atom is 0.225 e. The minimum atomic E-state index is 0.0667. The average Bonchev–Trinajstić information content (AvgIpc) is 3.04. The van der Waals surface area contributed by atoms with E-state index in [1.54, 1.807) is 0 Å². The van der Waals surface area contributed by atoms with Gasteiger partial charge in [0.15, 0.2) is 5.96 Å². The molecule has 2 atom stereocenters. The molecule has 1 heterocycles. The fourth-order valence-electron chi connectivity index (χ4n) is 3.64. The van der Waals surface area contributed by atoms with E-state index in [0.29, 0.717) is 12.0 Å². The first-order valence-electron chi connectivity index (χ1n) is 9.76. The predicted octanol–water partition coefficient (Wildman–Crippen LogP) is 1.77. The van der Waals surface area contributed by atoms with Gasteiger partial charge in [0.1, 0.15) is 0 Å². The van der Waals surface area contributed by atoms with Gasteiger partial charge in [0.05, 0.1) is 0 Å². The molecule has 0 aromatic heterocycles. The monoisotopic (exact) mass is 353 g/mol. The summed E-state index contributed by atoms with van der Waals surface area (Å²) >= 11 is 0. The zero-order valence-corrected chi connectivity index (χ0v) is 17.3. The number of hydrogen-bond donors (Lipinski definition) is 2. The van der Waals surface area contributed by atoms with E-state index in [2.05, 4.69) is 48.5 Å². The second-order valence-corrected chi connectivity index (χ2v) is 7.63. The molecule has 0 aliphatic carbocycles. The summed E-state index contributed by atoms with van der Waals surface area (Å²) in [5.74, 6) is 1.82. The molecule has 0 saturated carbocycles. The van der Waals surface area contributed by atoms with Crippen LogP contribution in [0.1, 0.15) is 47.0 Å². The van der Waals surface area contributed by atoms with Gasteiger partial charge in [-0.2, -0.15) is 0 Å². The smallest absolute Gasteiger partial charge is 0.225 e. The van der Waals surface area contributed by atoms with Crippen LogP contribution in [0.3, 0.4) is 0 Å². The van der Waals surface area contributed by atoms with Gasteiger partial charge in [-0.3, -0.25) is 9.79 Å². The number of nitrogens with zero attached hydrogens (tertiary/aromatic N) is 3. The Bertz CT molecular complexity index is 432. The Morgan fingerprint density at radius 1 is 1.28 bits per heavy atom. The van der Waals surface area contributed by atoms with E-state index in [4.69, 9.17) is 0 Å². The number of likely N-dealkylation sites (tertiary alicyclic amines) is 1. The molecule has 6 heteroatoms. The van der Waals surface area contributed by atoms with Crippen molar-refractivity contribution in [2.75, 3.05) is 40.8 Å². The van der Waals surface area contributed by atoms with Crippen LogP contribution in [-0.2, 0) is 4.79 Å². The number of carbonyl (C=O) groups excluding carboxylic acids is 1. The lowest BCUT2D eigenvalue weighted by Gasteiger charge is -2.32. The van der Waals surface area contributed by atoms with Crippen LogP contribution in [-0.4, -0.2) is 74.5 Å². The molecular formula is C19H39N5O. The third-order valence-electron chi connectivity index (χ3n) is 5.29. The molecule has 6 nitrogen and oxygen atoms in total. The lowest BCUT2D eigenvalue weighted by Crippen LogP contribution is -2.50. The molecule has 0 radical (unpaired) electrons. The topological polar surface area (TPSA) is 60.0 Å². The van der Waals surface area contributed by atoms with Crippen LogP contribution >= 0.6 is 0 Å². The Morgan fingerprint density at radius 3 is 2.40 bits per heavy atom. The number of aliphatic imine (C=N–C) groups is 1. The zero-order valence-electron chi connectivity index (χ0n) is 17.3. The number of amides is 1. The molecule has 1 aliphatic rings. The second-order valence-electron chi connectivity index (χ2n) is 7.63. The van der Waals surface area contributed by atoms with Crippen molar-refractivity contribution in [1.29, 1.82) is 0 Å². The van der Waals surface area contributed by atoms with Crippen molar-refractivity contribution in [3.8, 4) is 0 Å². The molecule has 0 bridgehead atoms. The maximum absolute atomic E-state index is 12.1. The molecule has 0 aromatic rings. The fraction of sp³-hybridized carbons (Fsp3) is 0.895. The summed E-state index contributed by atoms with van der Waals surface area (Å²) < 4.78 is 0. The highest BCUT2D eigenvalue weighted by molar-refractivity contribution is 5.81. The van der Waals surface area contributed by atoms with Crippen molar-refractivity contribution >= 4 is 11.9 Å². The number of carbonyl (C=O) groups is 1. The van der Waals surface area contributed by atoms with Crippen LogP contribution in [0, 0.1) is 11.8 Å². The molecule has 0 aromatic carbocycles. The number of nitrogens with one attached hydrogen (secondary N) is 2. The predicted molar refractivity (Wildman–Crippen MR) is 106 cm³/mol. The lowest BCUT2D eigenvalue weighted by atomic mass is 9.93. The van der Waals surface area contributed by atoms with Gasteiger partial charge in [-0.25, -0.2) is 0 Å². The molecular weight excluding hydrogens is 314 g/mol. The van der Waals surface area contributed by atoms with Crippen LogP contribution < -0.4 is 10.6 Å². The summed E-state index contributed by atoms with van der Waals surface area (Å²) in [6.07, 6.45) is 3.34. The molecule has 2 N–H and O–H groups in total. The van der Waals surface area contributed by atoms with E-state index in [-0.39, 0.29) is 17.9 Å². The molecule has 1 aliphatic heterocycles. The summed E-state index contributed by atoms with van der Waals surface area (Å²) in [5.41, 5.74) is 0. The van der Waals surface area contributed by atoms with E-state index in [1.165, 1.54) is 12.8 Å². The number of guanidine groups is 1. The SMILES string of the molecule is CCC(CC)C(CNC(=NC)NC1CCN(C(=O)C(C)C)C1)N(C)C. The average molecular weight is 354 g/mol. The Balaban J connectivity index is 2.53. The molecule has 1 fully saturated rings. The van der Waals surface area contributed by atoms with Gasteiger partial charge in [0, 0.05) is 44.7 Å². The highest BCUT2D eigenvalue weighted by Gasteiger charge is 2.28. The van der Waals surface area contributed by atoms with E-state index < -0.39 is 0 Å². The summed E-state index contributed by atoms with van der Waals surface area (Å²) in [5, 5.41) is 6.97. The van der Waals surface area contributed by atoms with Crippen molar-refractivity contribution in [2.45, 2.75) is 59.0 Å². The van der Waals surface area contributed by atoms with Crippen molar-refractivity contribution < 1.29 is 4.79 Å². The Hall–Kier alpha value is -1.30. The van der Waals surface area contributed by atoms with E-state index in [0.717, 1.165) is 32.0 Å². The van der Waals surface area contributed by atoms with Crippen LogP contribution in [0.25, 0.3) is 0 Å². The number of hydrogen-bond acceptors (Lipinski definition) is 3. The molecule has 0 spiro atoms. The standard InChI is InChI=1S/C19H39N5O/c1-8-15(9-2)17(23(6)7)12-21-19(20-5)22-16-10-11-24(13-16)18(25)14(3)4/h14-17H,8-13H2,1-7H3,(H2,20,21,22). The molecule has 146 valence electrons. The summed E-state index contributed by atoms with van der Waals surface area (Å²) in [6.45, 7) is 10.9. The third-order valence-corrected chi connectivity index (χ3v) is 5.29. The van der Waals surface area contributed by atoms with Gasteiger partial charge in [-0.1, -0.05) is 40.5 Å². The van der Waals surface area contributed by atoms with Gasteiger partial charge in [0.25, 0.3) is 0 Å². The summed E-state index contributed by atoms with van der Waals surface area (Å²) in [6, 6.07) is 0.760. The first-order chi connectivity index (χ1) is 11.8. The van der Waals surface area contributed by atoms with Gasteiger partial charge in [-0.05, 0) is 26.4 Å². The fourth-order valence-corrected chi connectivity index (χ4v) is 3.64. The Morgan fingerprint density at radius 2 is 1.92 bits per heavy atom. The first kappa shape index (κ1) is 21.7. The highest BCUT2D eigenvalue weighted by atomic mass is 16.2. The highest BCUT2D eigenvalue weighted by Crippen LogP contribution is 2.16. The minimum Gasteiger partial charge on any atom is -0.355 e. The van der Waals surface area contributed by atoms with Crippen molar-refractivity contribution in [2.24, 2.45) is 16.8 Å². The molecule has 1 amide bonds. The normalized spacial score (nSPS) is 19.8. The van der Waals surface area contributed by atoms with Gasteiger partial charge in [0.2, 0.25) is 5.91 Å². The van der Waals surface area contributed by atoms with E-state index in [1.807, 2.05) is 25.8 Å². The molecule has 1 rings (SSSR count). The number of rotatable bonds is 8. The Kier molecular flexibility index (Phi) is 9.25. The van der Waals surface area contributed by atoms with Gasteiger partial charge < -0.3 is 20.4 Å². The zero-order chi connectivity index (χ0) is 19.0. The van der Waals surface area contributed by atoms with Crippen LogP contribution in [0.4, 0.5) is 0 Å². The van der Waals surface area contributed by atoms with Crippen LogP contribution in [0.15, 0.2) is 4.99 Å². The molecule has 2 unspecified atom stereocenters. The minimum absolute atomic E-state index is 0.0667. The van der Waals surface area contributed by atoms with E-state index in [9.17, 15) is 4.79 Å². The van der Waals surface area contributed by atoms with Crippen molar-refractivity contribution in [1.82, 2.24) is 20.4 Å². The van der Waals surface area contributed by atoms with E-state index >= 15 is 0 Å². The van der Waals surface area contributed by atoms with Gasteiger partial charge >= 0.3 is 0 Å². The van der Waals surface area contributed by atoms with Crippen LogP contribution in [0.2, 0.25) is 0 Å². The summed E-state index contributed by atoms with van der Waals surface area (Å²) in [7, 11) is 6.10. The molecule has 1 saturated heterocycles. The first-order valence-corrected chi connectivity index (χ1v) is 9.76. The third kappa shape index (κ3) is 6.49. The summed E-state index contributed by atoms with van der Waals surface area (Å²) in [4.78, 5) is 20.8. The van der Waals surface area contributed by atoms with Gasteiger partial charge in [-0.15, -0.1) is 0 Å². The van der Waals surface area contributed by atoms with Crippen molar-refractivity contribution in [3.05, 3.63) is 0 Å². The molecule has 25 heavy (non-hydrogen) atoms. The lowest BCUT2D eigenvalue weighted by molar-refractivity contribution is -0.133. The quantitative estimate of drug-likeness (QED) is 0.516. The Labute approximate surface area is 154 Å². The maximum atomic E-state index is 12.1. The second kappa shape index (κ2) is 10.6.